The first-order valence-corrected chi connectivity index (χ1v) is 8.23. The lowest BCUT2D eigenvalue weighted by Crippen LogP contribution is -2.29. The summed E-state index contributed by atoms with van der Waals surface area (Å²) < 4.78 is 33.5. The number of rotatable bonds is 4. The zero-order chi connectivity index (χ0) is 20.7. The van der Waals surface area contributed by atoms with Crippen LogP contribution < -0.4 is 14.5 Å². The van der Waals surface area contributed by atoms with Crippen LogP contribution in [0.5, 0.6) is 11.5 Å². The van der Waals surface area contributed by atoms with Crippen LogP contribution in [0.3, 0.4) is 0 Å². The van der Waals surface area contributed by atoms with Gasteiger partial charge in [0.05, 0.1) is 11.4 Å². The van der Waals surface area contributed by atoms with Crippen LogP contribution in [-0.2, 0) is 19.2 Å². The largest absolute Gasteiger partial charge is 0.457 e. The average molecular weight is 396 g/mol. The molecule has 2 aromatic carbocycles. The number of imide groups is 2. The van der Waals surface area contributed by atoms with Crippen molar-refractivity contribution in [3.05, 3.63) is 72.3 Å². The summed E-state index contributed by atoms with van der Waals surface area (Å²) >= 11 is 0. The van der Waals surface area contributed by atoms with Gasteiger partial charge in [-0.15, -0.1) is 0 Å². The maximum Gasteiger partial charge on any atom is 0.258 e. The molecular weight excluding hydrogens is 386 g/mol. The van der Waals surface area contributed by atoms with Crippen molar-refractivity contribution in [2.45, 2.75) is 0 Å². The van der Waals surface area contributed by atoms with E-state index in [0.717, 1.165) is 58.4 Å². The lowest BCUT2D eigenvalue weighted by atomic mass is 10.2. The molecule has 2 aliphatic heterocycles. The summed E-state index contributed by atoms with van der Waals surface area (Å²) in [6, 6.07) is 6.34. The van der Waals surface area contributed by atoms with Gasteiger partial charge in [0.2, 0.25) is 0 Å². The molecule has 2 heterocycles. The summed E-state index contributed by atoms with van der Waals surface area (Å²) in [6.45, 7) is 0. The Hall–Kier alpha value is -4.14. The number of carbonyl (C=O) groups is 4. The summed E-state index contributed by atoms with van der Waals surface area (Å²) in [5.41, 5.74) is -0.128. The number of anilines is 2. The first-order valence-electron chi connectivity index (χ1n) is 8.23. The minimum absolute atomic E-state index is 0.0641. The van der Waals surface area contributed by atoms with E-state index in [1.54, 1.807) is 0 Å². The van der Waals surface area contributed by atoms with Crippen LogP contribution in [0.4, 0.5) is 20.2 Å². The monoisotopic (exact) mass is 396 g/mol. The second-order valence-corrected chi connectivity index (χ2v) is 6.08. The molecule has 0 radical (unpaired) electrons. The third-order valence-corrected chi connectivity index (χ3v) is 4.08. The molecular formula is C20H10F2N2O5. The van der Waals surface area contributed by atoms with E-state index in [1.165, 1.54) is 12.1 Å². The van der Waals surface area contributed by atoms with Gasteiger partial charge in [0.1, 0.15) is 23.1 Å². The average Bonchev–Trinajstić information content (AvgIpc) is 3.15. The smallest absolute Gasteiger partial charge is 0.258 e. The number of carbonyl (C=O) groups excluding carboxylic acids is 4. The number of benzene rings is 2. The van der Waals surface area contributed by atoms with Crippen molar-refractivity contribution in [3.8, 4) is 11.5 Å². The molecule has 2 aliphatic rings. The molecule has 4 rings (SSSR count). The molecule has 0 unspecified atom stereocenters. The Bertz CT molecular complexity index is 1030. The van der Waals surface area contributed by atoms with Crippen LogP contribution in [0.25, 0.3) is 0 Å². The Morgan fingerprint density at radius 2 is 0.897 bits per heavy atom. The van der Waals surface area contributed by atoms with Gasteiger partial charge < -0.3 is 4.74 Å². The highest BCUT2D eigenvalue weighted by atomic mass is 19.1. The first kappa shape index (κ1) is 18.2. The maximum absolute atomic E-state index is 14.0. The van der Waals surface area contributed by atoms with Crippen molar-refractivity contribution in [1.82, 2.24) is 0 Å². The van der Waals surface area contributed by atoms with Crippen molar-refractivity contribution in [1.29, 1.82) is 0 Å². The van der Waals surface area contributed by atoms with Crippen molar-refractivity contribution >= 4 is 35.0 Å². The van der Waals surface area contributed by atoms with E-state index in [-0.39, 0.29) is 22.9 Å². The van der Waals surface area contributed by atoms with Gasteiger partial charge in [-0.25, -0.2) is 18.6 Å². The highest BCUT2D eigenvalue weighted by molar-refractivity contribution is 6.28. The van der Waals surface area contributed by atoms with Crippen LogP contribution in [0.15, 0.2) is 60.7 Å². The number of amides is 4. The van der Waals surface area contributed by atoms with Crippen LogP contribution in [0.1, 0.15) is 0 Å². The van der Waals surface area contributed by atoms with Crippen LogP contribution in [0.2, 0.25) is 0 Å². The highest BCUT2D eigenvalue weighted by Gasteiger charge is 2.27. The lowest BCUT2D eigenvalue weighted by Gasteiger charge is -2.17. The molecule has 0 bridgehead atoms. The third-order valence-electron chi connectivity index (χ3n) is 4.08. The summed E-state index contributed by atoms with van der Waals surface area (Å²) in [6.07, 6.45) is 4.19. The molecule has 4 amide bonds. The molecule has 144 valence electrons. The Kier molecular flexibility index (Phi) is 4.27. The Balaban J connectivity index is 1.66. The van der Waals surface area contributed by atoms with Gasteiger partial charge in [-0.1, -0.05) is 0 Å². The van der Waals surface area contributed by atoms with E-state index < -0.39 is 35.3 Å². The molecule has 0 aliphatic carbocycles. The van der Waals surface area contributed by atoms with E-state index in [9.17, 15) is 28.0 Å². The van der Waals surface area contributed by atoms with Gasteiger partial charge in [0.25, 0.3) is 23.6 Å². The summed E-state index contributed by atoms with van der Waals surface area (Å²) in [7, 11) is 0. The van der Waals surface area contributed by atoms with E-state index in [2.05, 4.69) is 0 Å². The zero-order valence-electron chi connectivity index (χ0n) is 14.5. The predicted octanol–water partition coefficient (Wildman–Crippen LogP) is 2.62. The van der Waals surface area contributed by atoms with Crippen molar-refractivity contribution in [2.75, 3.05) is 9.80 Å². The third kappa shape index (κ3) is 3.41. The molecule has 7 nitrogen and oxygen atoms in total. The second-order valence-electron chi connectivity index (χ2n) is 6.08. The summed E-state index contributed by atoms with van der Waals surface area (Å²) in [4.78, 5) is 48.7. The Morgan fingerprint density at radius 3 is 1.24 bits per heavy atom. The van der Waals surface area contributed by atoms with Gasteiger partial charge in [-0.2, -0.15) is 0 Å². The van der Waals surface area contributed by atoms with E-state index in [0.29, 0.717) is 0 Å². The topological polar surface area (TPSA) is 84.0 Å². The molecule has 29 heavy (non-hydrogen) atoms. The molecule has 0 saturated carbocycles. The normalized spacial score (nSPS) is 15.8. The molecule has 0 atom stereocenters. The van der Waals surface area contributed by atoms with Gasteiger partial charge in [0.15, 0.2) is 0 Å². The first-order chi connectivity index (χ1) is 13.8. The molecule has 2 aromatic rings. The highest BCUT2D eigenvalue weighted by Crippen LogP contribution is 2.32. The van der Waals surface area contributed by atoms with Crippen molar-refractivity contribution < 1.29 is 32.7 Å². The molecule has 0 fully saturated rings. The summed E-state index contributed by atoms with van der Waals surface area (Å²) in [5, 5.41) is 0. The van der Waals surface area contributed by atoms with Crippen molar-refractivity contribution in [2.24, 2.45) is 0 Å². The molecule has 0 saturated heterocycles. The molecule has 9 heteroatoms. The van der Waals surface area contributed by atoms with Crippen LogP contribution >= 0.6 is 0 Å². The van der Waals surface area contributed by atoms with E-state index in [1.807, 2.05) is 0 Å². The fourth-order valence-electron chi connectivity index (χ4n) is 2.92. The number of hydrogen-bond donors (Lipinski definition) is 0. The van der Waals surface area contributed by atoms with E-state index >= 15 is 0 Å². The molecule has 0 N–H and O–H groups in total. The van der Waals surface area contributed by atoms with Crippen LogP contribution in [0, 0.1) is 11.6 Å². The number of nitrogens with zero attached hydrogens (tertiary/aromatic N) is 2. The Morgan fingerprint density at radius 1 is 0.552 bits per heavy atom. The second kappa shape index (κ2) is 6.79. The molecule has 0 aromatic heterocycles. The summed E-state index contributed by atoms with van der Waals surface area (Å²) in [5.74, 6) is -4.40. The maximum atomic E-state index is 14.0. The standard InChI is InChI=1S/C20H10F2N2O5/c21-11-5-13(23-17(25)1-2-18(23)26)9-15(7-11)29-16-8-12(22)6-14(10-16)24-19(27)3-4-20(24)28/h1-10H. The van der Waals surface area contributed by atoms with E-state index in [4.69, 9.17) is 4.74 Å². The SMILES string of the molecule is O=C1C=CC(=O)N1c1cc(F)cc(Oc2cc(F)cc(N3C(=O)C=CC3=O)c2)c1. The van der Waals surface area contributed by atoms with Crippen LogP contribution in [-0.4, -0.2) is 23.6 Å². The Labute approximate surface area is 162 Å². The lowest BCUT2D eigenvalue weighted by molar-refractivity contribution is -0.121. The van der Waals surface area contributed by atoms with Gasteiger partial charge in [-0.05, 0) is 12.1 Å². The van der Waals surface area contributed by atoms with Gasteiger partial charge >= 0.3 is 0 Å². The fourth-order valence-corrected chi connectivity index (χ4v) is 2.92. The predicted molar refractivity (Wildman–Crippen MR) is 96.1 cm³/mol. The number of ether oxygens (including phenoxy) is 1. The number of hydrogen-bond acceptors (Lipinski definition) is 5. The van der Waals surface area contributed by atoms with Crippen molar-refractivity contribution in [3.63, 3.8) is 0 Å². The zero-order valence-corrected chi connectivity index (χ0v) is 14.5. The van der Waals surface area contributed by atoms with Gasteiger partial charge in [-0.3, -0.25) is 19.2 Å². The minimum atomic E-state index is -0.796. The minimum Gasteiger partial charge on any atom is -0.457 e. The quantitative estimate of drug-likeness (QED) is 0.742. The number of halogens is 2. The van der Waals surface area contributed by atoms with Gasteiger partial charge in [0, 0.05) is 48.6 Å². The molecule has 0 spiro atoms. The fraction of sp³-hybridized carbons (Fsp3) is 0.